The van der Waals surface area contributed by atoms with E-state index < -0.39 is 17.4 Å². The van der Waals surface area contributed by atoms with Gasteiger partial charge in [-0.15, -0.1) is 0 Å². The monoisotopic (exact) mass is 401 g/mol. The summed E-state index contributed by atoms with van der Waals surface area (Å²) in [6.45, 7) is -0.476. The second kappa shape index (κ2) is 8.66. The van der Waals surface area contributed by atoms with E-state index in [1.165, 1.54) is 18.3 Å². The molecule has 0 saturated heterocycles. The Hall–Kier alpha value is -2.35. The molecule has 0 radical (unpaired) electrons. The lowest BCUT2D eigenvalue weighted by Gasteiger charge is -2.06. The molecule has 1 N–H and O–H groups in total. The number of nitro groups is 1. The molecule has 25 heavy (non-hydrogen) atoms. The molecular formula is C15H10Cl3N3O4. The zero-order valence-corrected chi connectivity index (χ0v) is 14.7. The normalized spacial score (nSPS) is 10.7. The zero-order valence-electron chi connectivity index (χ0n) is 12.4. The molecule has 2 aromatic rings. The summed E-state index contributed by atoms with van der Waals surface area (Å²) in [5.41, 5.74) is 2.31. The van der Waals surface area contributed by atoms with E-state index in [1.807, 2.05) is 0 Å². The minimum Gasteiger partial charge on any atom is -0.477 e. The van der Waals surface area contributed by atoms with E-state index in [2.05, 4.69) is 10.5 Å². The van der Waals surface area contributed by atoms with Gasteiger partial charge in [0.1, 0.15) is 0 Å². The van der Waals surface area contributed by atoms with Crippen LogP contribution in [0.2, 0.25) is 15.1 Å². The van der Waals surface area contributed by atoms with Gasteiger partial charge in [0.05, 0.1) is 21.2 Å². The van der Waals surface area contributed by atoms with Crippen LogP contribution in [-0.2, 0) is 4.79 Å². The van der Waals surface area contributed by atoms with E-state index in [4.69, 9.17) is 39.5 Å². The van der Waals surface area contributed by atoms with Crippen LogP contribution in [0.25, 0.3) is 0 Å². The van der Waals surface area contributed by atoms with Crippen molar-refractivity contribution in [1.29, 1.82) is 0 Å². The molecular weight excluding hydrogens is 393 g/mol. The van der Waals surface area contributed by atoms with Crippen LogP contribution in [0.15, 0.2) is 41.5 Å². The summed E-state index contributed by atoms with van der Waals surface area (Å²) in [5.74, 6) is -0.702. The van der Waals surface area contributed by atoms with Gasteiger partial charge in [0.2, 0.25) is 0 Å². The van der Waals surface area contributed by atoms with Gasteiger partial charge in [-0.2, -0.15) is 5.10 Å². The van der Waals surface area contributed by atoms with Crippen molar-refractivity contribution in [3.63, 3.8) is 0 Å². The fourth-order valence-corrected chi connectivity index (χ4v) is 2.40. The van der Waals surface area contributed by atoms with Gasteiger partial charge in [-0.05, 0) is 24.3 Å². The number of hydrazone groups is 1. The minimum atomic E-state index is -0.656. The Labute approximate surface area is 157 Å². The van der Waals surface area contributed by atoms with Crippen LogP contribution in [0.5, 0.6) is 5.75 Å². The van der Waals surface area contributed by atoms with Gasteiger partial charge in [-0.1, -0.05) is 40.9 Å². The SMILES string of the molecule is O=C(COc1ccc(Cl)cc1[N+](=O)[O-])N/N=C\c1c(Cl)cccc1Cl. The Bertz CT molecular complexity index is 823. The number of nitrogens with zero attached hydrogens (tertiary/aromatic N) is 2. The quantitative estimate of drug-likeness (QED) is 0.447. The first kappa shape index (κ1) is 19.0. The smallest absolute Gasteiger partial charge is 0.312 e. The van der Waals surface area contributed by atoms with E-state index >= 15 is 0 Å². The summed E-state index contributed by atoms with van der Waals surface area (Å²) in [6, 6.07) is 8.78. The maximum absolute atomic E-state index is 11.7. The van der Waals surface area contributed by atoms with Gasteiger partial charge in [0, 0.05) is 16.7 Å². The Morgan fingerprint density at radius 3 is 2.56 bits per heavy atom. The molecule has 130 valence electrons. The maximum Gasteiger partial charge on any atom is 0.312 e. The van der Waals surface area contributed by atoms with E-state index in [-0.39, 0.29) is 16.5 Å². The van der Waals surface area contributed by atoms with Gasteiger partial charge in [0.15, 0.2) is 12.4 Å². The van der Waals surface area contributed by atoms with Crippen molar-refractivity contribution in [3.8, 4) is 5.75 Å². The topological polar surface area (TPSA) is 93.8 Å². The number of ether oxygens (including phenoxy) is 1. The average molecular weight is 403 g/mol. The molecule has 0 aromatic heterocycles. The van der Waals surface area contributed by atoms with Crippen molar-refractivity contribution in [2.75, 3.05) is 6.61 Å². The number of rotatable bonds is 6. The maximum atomic E-state index is 11.7. The van der Waals surface area contributed by atoms with Gasteiger partial charge in [0.25, 0.3) is 5.91 Å². The van der Waals surface area contributed by atoms with Crippen LogP contribution in [0.3, 0.4) is 0 Å². The predicted molar refractivity (Wildman–Crippen MR) is 95.8 cm³/mol. The standard InChI is InChI=1S/C15H10Cl3N3O4/c16-9-4-5-14(13(6-9)21(23)24)25-8-15(22)20-19-7-10-11(17)2-1-3-12(10)18/h1-7H,8H2,(H,20,22)/b19-7-. The molecule has 10 heteroatoms. The Morgan fingerprint density at radius 2 is 1.92 bits per heavy atom. The molecule has 1 amide bonds. The van der Waals surface area contributed by atoms with Gasteiger partial charge in [-0.25, -0.2) is 5.43 Å². The average Bonchev–Trinajstić information content (AvgIpc) is 2.56. The Kier molecular flexibility index (Phi) is 6.58. The van der Waals surface area contributed by atoms with E-state index in [1.54, 1.807) is 18.2 Å². The van der Waals surface area contributed by atoms with Gasteiger partial charge < -0.3 is 4.74 Å². The third kappa shape index (κ3) is 5.32. The van der Waals surface area contributed by atoms with Crippen LogP contribution < -0.4 is 10.2 Å². The molecule has 0 aliphatic rings. The highest BCUT2D eigenvalue weighted by molar-refractivity contribution is 6.38. The molecule has 0 atom stereocenters. The number of nitro benzene ring substituents is 1. The van der Waals surface area contributed by atoms with Crippen molar-refractivity contribution in [2.24, 2.45) is 5.10 Å². The molecule has 0 fully saturated rings. The molecule has 7 nitrogen and oxygen atoms in total. The highest BCUT2D eigenvalue weighted by Crippen LogP contribution is 2.29. The number of carbonyl (C=O) groups is 1. The number of amides is 1. The summed E-state index contributed by atoms with van der Waals surface area (Å²) in [4.78, 5) is 22.0. The Morgan fingerprint density at radius 1 is 1.24 bits per heavy atom. The zero-order chi connectivity index (χ0) is 18.4. The molecule has 0 bridgehead atoms. The second-order valence-electron chi connectivity index (χ2n) is 4.59. The van der Waals surface area contributed by atoms with Crippen molar-refractivity contribution in [2.45, 2.75) is 0 Å². The Balaban J connectivity index is 1.96. The number of carbonyl (C=O) groups excluding carboxylic acids is 1. The fourth-order valence-electron chi connectivity index (χ4n) is 1.73. The first-order valence-corrected chi connectivity index (χ1v) is 7.84. The number of hydrogen-bond acceptors (Lipinski definition) is 5. The summed E-state index contributed by atoms with van der Waals surface area (Å²) < 4.78 is 5.13. The van der Waals surface area contributed by atoms with Crippen LogP contribution in [0, 0.1) is 10.1 Å². The number of hydrogen-bond donors (Lipinski definition) is 1. The summed E-state index contributed by atoms with van der Waals surface area (Å²) in [7, 11) is 0. The summed E-state index contributed by atoms with van der Waals surface area (Å²) in [6.07, 6.45) is 1.29. The number of halogens is 3. The van der Waals surface area contributed by atoms with Crippen LogP contribution in [-0.4, -0.2) is 23.7 Å². The van der Waals surface area contributed by atoms with Crippen LogP contribution >= 0.6 is 34.8 Å². The highest BCUT2D eigenvalue weighted by Gasteiger charge is 2.16. The van der Waals surface area contributed by atoms with Gasteiger partial charge in [-0.3, -0.25) is 14.9 Å². The fraction of sp³-hybridized carbons (Fsp3) is 0.0667. The van der Waals surface area contributed by atoms with Crippen molar-refractivity contribution >= 4 is 52.6 Å². The lowest BCUT2D eigenvalue weighted by molar-refractivity contribution is -0.385. The molecule has 2 rings (SSSR count). The summed E-state index contributed by atoms with van der Waals surface area (Å²) in [5, 5.41) is 15.6. The lowest BCUT2D eigenvalue weighted by Crippen LogP contribution is -2.24. The van der Waals surface area contributed by atoms with Gasteiger partial charge >= 0.3 is 5.69 Å². The number of benzene rings is 2. The van der Waals surface area contributed by atoms with E-state index in [9.17, 15) is 14.9 Å². The second-order valence-corrected chi connectivity index (χ2v) is 5.84. The van der Waals surface area contributed by atoms with Crippen LogP contribution in [0.4, 0.5) is 5.69 Å². The third-order valence-electron chi connectivity index (χ3n) is 2.86. The largest absolute Gasteiger partial charge is 0.477 e. The lowest BCUT2D eigenvalue weighted by atomic mass is 10.2. The first-order valence-electron chi connectivity index (χ1n) is 6.71. The third-order valence-corrected chi connectivity index (χ3v) is 3.75. The van der Waals surface area contributed by atoms with Crippen molar-refractivity contribution in [1.82, 2.24) is 5.43 Å². The van der Waals surface area contributed by atoms with E-state index in [0.29, 0.717) is 15.6 Å². The molecule has 2 aromatic carbocycles. The number of nitrogens with one attached hydrogen (secondary N) is 1. The molecule has 0 spiro atoms. The van der Waals surface area contributed by atoms with Crippen molar-refractivity contribution < 1.29 is 14.5 Å². The first-order chi connectivity index (χ1) is 11.9. The van der Waals surface area contributed by atoms with Crippen LogP contribution in [0.1, 0.15) is 5.56 Å². The predicted octanol–water partition coefficient (Wildman–Crippen LogP) is 4.08. The minimum absolute atomic E-state index is 0.0809. The van der Waals surface area contributed by atoms with E-state index in [0.717, 1.165) is 6.07 Å². The molecule has 0 heterocycles. The highest BCUT2D eigenvalue weighted by atomic mass is 35.5. The molecule has 0 aliphatic heterocycles. The molecule has 0 unspecified atom stereocenters. The molecule has 0 saturated carbocycles. The molecule has 0 aliphatic carbocycles. The summed E-state index contributed by atoms with van der Waals surface area (Å²) >= 11 is 17.6. The van der Waals surface area contributed by atoms with Crippen molar-refractivity contribution in [3.05, 3.63) is 67.1 Å².